The van der Waals surface area contributed by atoms with Crippen LogP contribution in [0.5, 0.6) is 5.75 Å². The molecule has 0 saturated heterocycles. The van der Waals surface area contributed by atoms with Crippen molar-refractivity contribution in [2.24, 2.45) is 0 Å². The largest absolute Gasteiger partial charge is 0.558 e. The molecule has 1 unspecified atom stereocenters. The van der Waals surface area contributed by atoms with E-state index < -0.39 is 8.25 Å². The number of aryl methyl sites for hydroxylation is 1. The van der Waals surface area contributed by atoms with Crippen LogP contribution in [0.1, 0.15) is 30.9 Å². The zero-order chi connectivity index (χ0) is 10.7. The van der Waals surface area contributed by atoms with Crippen molar-refractivity contribution in [3.05, 3.63) is 29.3 Å². The third-order valence-corrected chi connectivity index (χ3v) is 2.40. The second-order valence-electron chi connectivity index (χ2n) is 3.49. The molecule has 0 aliphatic heterocycles. The van der Waals surface area contributed by atoms with Crippen LogP contribution in [-0.4, -0.2) is 0 Å². The van der Waals surface area contributed by atoms with Crippen molar-refractivity contribution < 1.29 is 14.0 Å². The Kier molecular flexibility index (Phi) is 3.62. The summed E-state index contributed by atoms with van der Waals surface area (Å²) in [5, 5.41) is 0. The molecular formula is C10H13O3P. The molecule has 3 nitrogen and oxygen atoms in total. The first-order valence-electron chi connectivity index (χ1n) is 4.43. The maximum absolute atomic E-state index is 10.4. The van der Waals surface area contributed by atoms with Gasteiger partial charge in [-0.25, -0.2) is 0 Å². The second kappa shape index (κ2) is 4.54. The van der Waals surface area contributed by atoms with Gasteiger partial charge in [-0.3, -0.25) is 4.52 Å². The van der Waals surface area contributed by atoms with E-state index in [9.17, 15) is 9.46 Å². The van der Waals surface area contributed by atoms with Gasteiger partial charge in [-0.05, 0) is 34.6 Å². The predicted molar refractivity (Wildman–Crippen MR) is 53.5 cm³/mol. The molecule has 0 N–H and O–H groups in total. The highest BCUT2D eigenvalue weighted by molar-refractivity contribution is 7.31. The van der Waals surface area contributed by atoms with Crippen molar-refractivity contribution in [1.29, 1.82) is 0 Å². The maximum atomic E-state index is 10.4. The van der Waals surface area contributed by atoms with Crippen molar-refractivity contribution >= 4 is 8.25 Å². The van der Waals surface area contributed by atoms with Crippen LogP contribution >= 0.6 is 8.25 Å². The summed E-state index contributed by atoms with van der Waals surface area (Å²) in [6.45, 7) is 5.91. The molecule has 0 bridgehead atoms. The third kappa shape index (κ3) is 2.79. The van der Waals surface area contributed by atoms with E-state index in [1.807, 2.05) is 32.9 Å². The van der Waals surface area contributed by atoms with Crippen LogP contribution < -0.4 is 9.42 Å². The zero-order valence-electron chi connectivity index (χ0n) is 8.48. The smallest absolute Gasteiger partial charge is 0.539 e. The van der Waals surface area contributed by atoms with E-state index in [1.54, 1.807) is 6.07 Å². The number of benzene rings is 1. The van der Waals surface area contributed by atoms with Gasteiger partial charge in [-0.15, -0.1) is 0 Å². The van der Waals surface area contributed by atoms with E-state index in [0.717, 1.165) is 11.1 Å². The molecule has 76 valence electrons. The van der Waals surface area contributed by atoms with Gasteiger partial charge in [-0.1, -0.05) is 26.0 Å². The molecule has 1 atom stereocenters. The molecule has 0 spiro atoms. The first kappa shape index (κ1) is 11.2. The van der Waals surface area contributed by atoms with Crippen molar-refractivity contribution in [2.75, 3.05) is 0 Å². The molecule has 0 aliphatic rings. The SMILES string of the molecule is Cc1ccc(C(C)C)cc1O[P+](=O)[O-]. The Balaban J connectivity index is 3.02. The van der Waals surface area contributed by atoms with Gasteiger partial charge in [-0.2, -0.15) is 0 Å². The fraction of sp³-hybridized carbons (Fsp3) is 0.400. The first-order valence-corrected chi connectivity index (χ1v) is 5.53. The number of hydrogen-bond donors (Lipinski definition) is 0. The van der Waals surface area contributed by atoms with Crippen molar-refractivity contribution in [2.45, 2.75) is 26.7 Å². The van der Waals surface area contributed by atoms with Crippen LogP contribution in [0.3, 0.4) is 0 Å². The maximum Gasteiger partial charge on any atom is 0.539 e. The Bertz CT molecular complexity index is 347. The minimum absolute atomic E-state index is 0.363. The lowest BCUT2D eigenvalue weighted by atomic mass is 10.0. The summed E-state index contributed by atoms with van der Waals surface area (Å²) in [5.41, 5.74) is 1.90. The molecule has 1 aromatic rings. The summed E-state index contributed by atoms with van der Waals surface area (Å²) in [6, 6.07) is 5.61. The molecule has 0 amide bonds. The minimum atomic E-state index is -2.82. The van der Waals surface area contributed by atoms with Gasteiger partial charge in [0.1, 0.15) is 0 Å². The molecule has 0 radical (unpaired) electrons. The highest BCUT2D eigenvalue weighted by Crippen LogP contribution is 2.28. The zero-order valence-corrected chi connectivity index (χ0v) is 9.38. The van der Waals surface area contributed by atoms with Crippen molar-refractivity contribution in [3.8, 4) is 5.75 Å². The normalized spacial score (nSPS) is 11.6. The topological polar surface area (TPSA) is 49.4 Å². The number of rotatable bonds is 3. The monoisotopic (exact) mass is 212 g/mol. The molecular weight excluding hydrogens is 199 g/mol. The lowest BCUT2D eigenvalue weighted by Crippen LogP contribution is -1.96. The summed E-state index contributed by atoms with van der Waals surface area (Å²) in [4.78, 5) is 10.4. The Morgan fingerprint density at radius 3 is 2.57 bits per heavy atom. The quantitative estimate of drug-likeness (QED) is 0.723. The first-order chi connectivity index (χ1) is 6.50. The molecule has 1 aromatic carbocycles. The molecule has 0 fully saturated rings. The Labute approximate surface area is 84.7 Å². The Hall–Kier alpha value is -0.920. The van der Waals surface area contributed by atoms with E-state index >= 15 is 0 Å². The van der Waals surface area contributed by atoms with Crippen LogP contribution in [0.4, 0.5) is 0 Å². The Morgan fingerprint density at radius 1 is 1.43 bits per heavy atom. The fourth-order valence-corrected chi connectivity index (χ4v) is 1.51. The van der Waals surface area contributed by atoms with Crippen molar-refractivity contribution in [3.63, 3.8) is 0 Å². The van der Waals surface area contributed by atoms with Gasteiger partial charge in [0.25, 0.3) is 0 Å². The average Bonchev–Trinajstić information content (AvgIpc) is 2.07. The van der Waals surface area contributed by atoms with Crippen molar-refractivity contribution in [1.82, 2.24) is 0 Å². The molecule has 0 saturated carbocycles. The van der Waals surface area contributed by atoms with Gasteiger partial charge < -0.3 is 4.89 Å². The van der Waals surface area contributed by atoms with Crippen LogP contribution in [0.15, 0.2) is 18.2 Å². The lowest BCUT2D eigenvalue weighted by molar-refractivity contribution is -0.178. The van der Waals surface area contributed by atoms with Crippen LogP contribution in [0.25, 0.3) is 0 Å². The highest BCUT2D eigenvalue weighted by Gasteiger charge is 2.10. The summed E-state index contributed by atoms with van der Waals surface area (Å²) in [6.07, 6.45) is 0. The summed E-state index contributed by atoms with van der Waals surface area (Å²) >= 11 is 0. The number of hydrogen-bond acceptors (Lipinski definition) is 3. The average molecular weight is 212 g/mol. The molecule has 4 heteroatoms. The summed E-state index contributed by atoms with van der Waals surface area (Å²) in [5.74, 6) is 0.787. The molecule has 14 heavy (non-hydrogen) atoms. The van der Waals surface area contributed by atoms with Crippen LogP contribution in [0, 0.1) is 6.92 Å². The summed E-state index contributed by atoms with van der Waals surface area (Å²) < 4.78 is 15.1. The molecule has 0 heterocycles. The lowest BCUT2D eigenvalue weighted by Gasteiger charge is -2.07. The third-order valence-electron chi connectivity index (χ3n) is 2.05. The highest BCUT2D eigenvalue weighted by atomic mass is 31.1. The van der Waals surface area contributed by atoms with Gasteiger partial charge >= 0.3 is 8.25 Å². The Morgan fingerprint density at radius 2 is 2.07 bits per heavy atom. The van der Waals surface area contributed by atoms with E-state index in [4.69, 9.17) is 0 Å². The molecule has 0 aliphatic carbocycles. The standard InChI is InChI=1S/C10H13O3P/c1-7(2)9-5-4-8(3)10(6-9)13-14(11)12/h4-7H,1-3H3. The van der Waals surface area contributed by atoms with E-state index in [2.05, 4.69) is 4.52 Å². The van der Waals surface area contributed by atoms with E-state index in [0.29, 0.717) is 11.7 Å². The van der Waals surface area contributed by atoms with Gasteiger partial charge in [0.15, 0.2) is 5.75 Å². The van der Waals surface area contributed by atoms with Gasteiger partial charge in [0.05, 0.1) is 0 Å². The fourth-order valence-electron chi connectivity index (χ4n) is 1.15. The van der Waals surface area contributed by atoms with Crippen LogP contribution in [0.2, 0.25) is 0 Å². The second-order valence-corrected chi connectivity index (χ2v) is 4.12. The minimum Gasteiger partial charge on any atom is -0.558 e. The van der Waals surface area contributed by atoms with E-state index in [1.165, 1.54) is 0 Å². The summed E-state index contributed by atoms with van der Waals surface area (Å²) in [7, 11) is -2.82. The van der Waals surface area contributed by atoms with E-state index in [-0.39, 0.29) is 0 Å². The van der Waals surface area contributed by atoms with Gasteiger partial charge in [0.2, 0.25) is 0 Å². The molecule has 0 aromatic heterocycles. The van der Waals surface area contributed by atoms with Gasteiger partial charge in [0, 0.05) is 0 Å². The molecule has 1 rings (SSSR count). The van der Waals surface area contributed by atoms with Crippen LogP contribution in [-0.2, 0) is 4.57 Å². The predicted octanol–water partition coefficient (Wildman–Crippen LogP) is 2.51.